The average Bonchev–Trinajstić information content (AvgIpc) is 3.10. The molecule has 1 aliphatic heterocycles. The minimum absolute atomic E-state index is 0.0343. The van der Waals surface area contributed by atoms with Crippen LogP contribution >= 0.6 is 0 Å². The van der Waals surface area contributed by atoms with Gasteiger partial charge in [-0.25, -0.2) is 0 Å². The van der Waals surface area contributed by atoms with Gasteiger partial charge in [-0.15, -0.1) is 0 Å². The first-order valence-electron chi connectivity index (χ1n) is 8.90. The first-order chi connectivity index (χ1) is 13.0. The van der Waals surface area contributed by atoms with Crippen LogP contribution in [0.1, 0.15) is 30.5 Å². The van der Waals surface area contributed by atoms with E-state index in [0.29, 0.717) is 6.54 Å². The highest BCUT2D eigenvalue weighted by Gasteiger charge is 2.25. The summed E-state index contributed by atoms with van der Waals surface area (Å²) in [5.41, 5.74) is 2.80. The molecule has 2 amide bonds. The van der Waals surface area contributed by atoms with E-state index < -0.39 is 12.0 Å². The number of benzene rings is 2. The minimum atomic E-state index is -0.529. The Labute approximate surface area is 158 Å². The lowest BCUT2D eigenvalue weighted by atomic mass is 10.0. The maximum absolute atomic E-state index is 12.4. The van der Waals surface area contributed by atoms with E-state index in [9.17, 15) is 14.4 Å². The third kappa shape index (κ3) is 4.73. The van der Waals surface area contributed by atoms with Crippen molar-refractivity contribution in [2.45, 2.75) is 25.8 Å². The third-order valence-electron chi connectivity index (χ3n) is 4.50. The molecule has 0 aliphatic carbocycles. The number of hydrogen-bond donors (Lipinski definition) is 1. The molecule has 6 heteroatoms. The van der Waals surface area contributed by atoms with Crippen LogP contribution in [0, 0.1) is 0 Å². The molecule has 0 saturated heterocycles. The van der Waals surface area contributed by atoms with Gasteiger partial charge in [0.05, 0.1) is 12.5 Å². The van der Waals surface area contributed by atoms with Crippen molar-refractivity contribution in [3.63, 3.8) is 0 Å². The predicted octanol–water partition coefficient (Wildman–Crippen LogP) is 2.39. The summed E-state index contributed by atoms with van der Waals surface area (Å²) in [6, 6.07) is 16.4. The Balaban J connectivity index is 1.57. The topological polar surface area (TPSA) is 75.7 Å². The number of para-hydroxylation sites is 1. The van der Waals surface area contributed by atoms with E-state index in [1.807, 2.05) is 54.6 Å². The highest BCUT2D eigenvalue weighted by molar-refractivity contribution is 5.97. The molecule has 1 N–H and O–H groups in total. The summed E-state index contributed by atoms with van der Waals surface area (Å²) in [6.07, 6.45) is 0.766. The molecule has 0 radical (unpaired) electrons. The number of ether oxygens (including phenoxy) is 1. The largest absolute Gasteiger partial charge is 0.455 e. The molecule has 140 valence electrons. The van der Waals surface area contributed by atoms with E-state index in [-0.39, 0.29) is 24.8 Å². The zero-order chi connectivity index (χ0) is 19.2. The van der Waals surface area contributed by atoms with Crippen molar-refractivity contribution in [3.05, 3.63) is 65.7 Å². The Morgan fingerprint density at radius 3 is 2.52 bits per heavy atom. The average molecular weight is 366 g/mol. The summed E-state index contributed by atoms with van der Waals surface area (Å²) < 4.78 is 5.18. The molecule has 2 aromatic carbocycles. The summed E-state index contributed by atoms with van der Waals surface area (Å²) >= 11 is 0. The molecule has 0 saturated carbocycles. The standard InChI is InChI=1S/C21H22N2O4/c1-15(24)22-18(16-7-3-2-4-8-16)13-21(26)27-14-20(25)23-12-11-17-9-5-6-10-19(17)23/h2-10,18H,11-14H2,1H3,(H,22,24)/t18-/m1/s1. The SMILES string of the molecule is CC(=O)N[C@H](CC(=O)OCC(=O)N1CCc2ccccc21)c1ccccc1. The highest BCUT2D eigenvalue weighted by atomic mass is 16.5. The van der Waals surface area contributed by atoms with E-state index >= 15 is 0 Å². The molecule has 1 heterocycles. The van der Waals surface area contributed by atoms with E-state index in [4.69, 9.17) is 4.74 Å². The highest BCUT2D eigenvalue weighted by Crippen LogP contribution is 2.27. The van der Waals surface area contributed by atoms with Crippen LogP contribution < -0.4 is 10.2 Å². The van der Waals surface area contributed by atoms with Crippen molar-refractivity contribution in [3.8, 4) is 0 Å². The molecule has 0 unspecified atom stereocenters. The molecular weight excluding hydrogens is 344 g/mol. The fraction of sp³-hybridized carbons (Fsp3) is 0.286. The quantitative estimate of drug-likeness (QED) is 0.797. The van der Waals surface area contributed by atoms with E-state index in [1.165, 1.54) is 6.92 Å². The lowest BCUT2D eigenvalue weighted by Crippen LogP contribution is -2.34. The van der Waals surface area contributed by atoms with Crippen LogP contribution in [-0.2, 0) is 25.5 Å². The Kier molecular flexibility index (Phi) is 5.86. The Morgan fingerprint density at radius 2 is 1.78 bits per heavy atom. The third-order valence-corrected chi connectivity index (χ3v) is 4.50. The first kappa shape index (κ1) is 18.6. The van der Waals surface area contributed by atoms with Crippen molar-refractivity contribution >= 4 is 23.5 Å². The molecule has 0 spiro atoms. The van der Waals surface area contributed by atoms with Gasteiger partial charge in [-0.3, -0.25) is 14.4 Å². The molecule has 27 heavy (non-hydrogen) atoms. The summed E-state index contributed by atoms with van der Waals surface area (Å²) in [5.74, 6) is -1.01. The molecule has 0 fully saturated rings. The number of esters is 1. The fourth-order valence-corrected chi connectivity index (χ4v) is 3.23. The van der Waals surface area contributed by atoms with Crippen molar-refractivity contribution in [1.82, 2.24) is 5.32 Å². The van der Waals surface area contributed by atoms with Gasteiger partial charge in [0, 0.05) is 19.2 Å². The zero-order valence-electron chi connectivity index (χ0n) is 15.2. The van der Waals surface area contributed by atoms with E-state index in [1.54, 1.807) is 4.90 Å². The number of hydrogen-bond acceptors (Lipinski definition) is 4. The zero-order valence-corrected chi connectivity index (χ0v) is 15.2. The summed E-state index contributed by atoms with van der Waals surface area (Å²) in [7, 11) is 0. The molecule has 0 bridgehead atoms. The lowest BCUT2D eigenvalue weighted by Gasteiger charge is -2.19. The van der Waals surface area contributed by atoms with Gasteiger partial charge in [0.2, 0.25) is 5.91 Å². The van der Waals surface area contributed by atoms with Crippen molar-refractivity contribution in [2.24, 2.45) is 0 Å². The Bertz CT molecular complexity index is 835. The maximum atomic E-state index is 12.4. The summed E-state index contributed by atoms with van der Waals surface area (Å²) in [6.45, 7) is 1.68. The fourth-order valence-electron chi connectivity index (χ4n) is 3.23. The molecular formula is C21H22N2O4. The van der Waals surface area contributed by atoms with Crippen molar-refractivity contribution in [1.29, 1.82) is 0 Å². The maximum Gasteiger partial charge on any atom is 0.308 e. The molecule has 1 atom stereocenters. The van der Waals surface area contributed by atoms with Gasteiger partial charge in [-0.1, -0.05) is 48.5 Å². The summed E-state index contributed by atoms with van der Waals surface area (Å²) in [4.78, 5) is 37.7. The van der Waals surface area contributed by atoms with Crippen molar-refractivity contribution in [2.75, 3.05) is 18.1 Å². The number of nitrogens with one attached hydrogen (secondary N) is 1. The molecule has 1 aliphatic rings. The molecule has 2 aromatic rings. The Hall–Kier alpha value is -3.15. The van der Waals surface area contributed by atoms with Gasteiger partial charge < -0.3 is 15.0 Å². The number of rotatable bonds is 6. The van der Waals surface area contributed by atoms with Gasteiger partial charge in [-0.05, 0) is 23.6 Å². The van der Waals surface area contributed by atoms with Gasteiger partial charge in [0.15, 0.2) is 6.61 Å². The second kappa shape index (κ2) is 8.49. The first-order valence-corrected chi connectivity index (χ1v) is 8.90. The van der Waals surface area contributed by atoms with Crippen LogP contribution in [0.5, 0.6) is 0 Å². The van der Waals surface area contributed by atoms with Crippen LogP contribution in [0.2, 0.25) is 0 Å². The number of amides is 2. The number of nitrogens with zero attached hydrogens (tertiary/aromatic N) is 1. The summed E-state index contributed by atoms with van der Waals surface area (Å²) in [5, 5.41) is 2.75. The van der Waals surface area contributed by atoms with Crippen molar-refractivity contribution < 1.29 is 19.1 Å². The van der Waals surface area contributed by atoms with Gasteiger partial charge >= 0.3 is 5.97 Å². The van der Waals surface area contributed by atoms with Crippen LogP contribution in [0.3, 0.4) is 0 Å². The van der Waals surface area contributed by atoms with Gasteiger partial charge in [0.25, 0.3) is 5.91 Å². The Morgan fingerprint density at radius 1 is 1.07 bits per heavy atom. The monoisotopic (exact) mass is 366 g/mol. The van der Waals surface area contributed by atoms with Gasteiger partial charge in [0.1, 0.15) is 0 Å². The predicted molar refractivity (Wildman–Crippen MR) is 101 cm³/mol. The molecule has 3 rings (SSSR count). The minimum Gasteiger partial charge on any atom is -0.455 e. The van der Waals surface area contributed by atoms with E-state index in [2.05, 4.69) is 5.32 Å². The van der Waals surface area contributed by atoms with Crippen LogP contribution in [-0.4, -0.2) is 30.9 Å². The number of anilines is 1. The number of carbonyl (C=O) groups excluding carboxylic acids is 3. The lowest BCUT2D eigenvalue weighted by molar-refractivity contribution is -0.148. The second-order valence-corrected chi connectivity index (χ2v) is 6.45. The molecule has 0 aromatic heterocycles. The molecule has 6 nitrogen and oxygen atoms in total. The normalized spacial score (nSPS) is 13.6. The van der Waals surface area contributed by atoms with Gasteiger partial charge in [-0.2, -0.15) is 0 Å². The van der Waals surface area contributed by atoms with Crippen LogP contribution in [0.25, 0.3) is 0 Å². The second-order valence-electron chi connectivity index (χ2n) is 6.45. The van der Waals surface area contributed by atoms with Crippen LogP contribution in [0.15, 0.2) is 54.6 Å². The number of carbonyl (C=O) groups is 3. The van der Waals surface area contributed by atoms with Crippen LogP contribution in [0.4, 0.5) is 5.69 Å². The number of fused-ring (bicyclic) bond motifs is 1. The van der Waals surface area contributed by atoms with E-state index in [0.717, 1.165) is 23.2 Å². The smallest absolute Gasteiger partial charge is 0.308 e.